The molecule has 5 rings (SSSR count). The number of ether oxygens (including phenoxy) is 2. The van der Waals surface area contributed by atoms with Gasteiger partial charge in [0, 0.05) is 28.4 Å². The van der Waals surface area contributed by atoms with Crippen molar-refractivity contribution in [2.45, 2.75) is 45.4 Å². The highest BCUT2D eigenvalue weighted by Gasteiger charge is 2.34. The Kier molecular flexibility index (Phi) is 7.04. The zero-order chi connectivity index (χ0) is 26.9. The Balaban J connectivity index is 1.73. The highest BCUT2D eigenvalue weighted by atomic mass is 32.1. The third-order valence-corrected chi connectivity index (χ3v) is 7.15. The Bertz CT molecular complexity index is 1530. The number of benzene rings is 1. The Labute approximate surface area is 223 Å². The van der Waals surface area contributed by atoms with Crippen LogP contribution in [-0.4, -0.2) is 44.3 Å². The van der Waals surface area contributed by atoms with Crippen molar-refractivity contribution in [3.8, 4) is 11.5 Å². The molecule has 5 aromatic rings. The standard InChI is InChI=1S/C27H30N6O4S/c1-27(2,3)33-25(29-30-31-33)24(32(15-18-8-6-10-37-18)16-19-9-7-11-38-19)20-12-17-13-22(35-4)23(36-5)14-21(17)28-26(20)34/h6-14,24H,15-16H2,1-5H3,(H,28,34)/t24-/m0/s1. The first-order valence-electron chi connectivity index (χ1n) is 12.1. The number of aromatic nitrogens is 5. The minimum atomic E-state index is -0.585. The van der Waals surface area contributed by atoms with E-state index in [1.165, 1.54) is 0 Å². The van der Waals surface area contributed by atoms with Crippen LogP contribution in [0, 0.1) is 0 Å². The van der Waals surface area contributed by atoms with Crippen molar-refractivity contribution in [1.29, 1.82) is 0 Å². The Morgan fingerprint density at radius 3 is 2.55 bits per heavy atom. The van der Waals surface area contributed by atoms with Crippen molar-refractivity contribution < 1.29 is 13.9 Å². The summed E-state index contributed by atoms with van der Waals surface area (Å²) in [6.45, 7) is 7.09. The second-order valence-electron chi connectivity index (χ2n) is 9.93. The molecule has 0 aliphatic heterocycles. The Morgan fingerprint density at radius 1 is 1.11 bits per heavy atom. The fourth-order valence-corrected chi connectivity index (χ4v) is 5.27. The molecule has 38 heavy (non-hydrogen) atoms. The number of pyridine rings is 1. The first-order valence-corrected chi connectivity index (χ1v) is 13.0. The number of thiophene rings is 1. The van der Waals surface area contributed by atoms with E-state index in [2.05, 4.69) is 31.5 Å². The minimum Gasteiger partial charge on any atom is -0.493 e. The number of nitrogens with zero attached hydrogens (tertiary/aromatic N) is 5. The van der Waals surface area contributed by atoms with Crippen molar-refractivity contribution in [3.05, 3.63) is 86.5 Å². The number of aromatic amines is 1. The molecular formula is C27H30N6O4S. The molecule has 0 saturated carbocycles. The summed E-state index contributed by atoms with van der Waals surface area (Å²) in [7, 11) is 3.15. The molecular weight excluding hydrogens is 504 g/mol. The summed E-state index contributed by atoms with van der Waals surface area (Å²) < 4.78 is 18.5. The molecule has 11 heteroatoms. The van der Waals surface area contributed by atoms with E-state index in [9.17, 15) is 4.79 Å². The summed E-state index contributed by atoms with van der Waals surface area (Å²) >= 11 is 1.65. The first-order chi connectivity index (χ1) is 18.3. The number of methoxy groups -OCH3 is 2. The van der Waals surface area contributed by atoms with Gasteiger partial charge in [0.2, 0.25) is 0 Å². The third kappa shape index (κ3) is 5.07. The van der Waals surface area contributed by atoms with E-state index < -0.39 is 11.6 Å². The van der Waals surface area contributed by atoms with Gasteiger partial charge < -0.3 is 18.9 Å². The summed E-state index contributed by atoms with van der Waals surface area (Å²) in [5.74, 6) is 2.43. The van der Waals surface area contributed by atoms with Gasteiger partial charge in [0.15, 0.2) is 17.3 Å². The number of furan rings is 1. The van der Waals surface area contributed by atoms with Gasteiger partial charge in [-0.3, -0.25) is 9.69 Å². The molecule has 1 aromatic carbocycles. The van der Waals surface area contributed by atoms with Crippen LogP contribution in [-0.2, 0) is 18.6 Å². The summed E-state index contributed by atoms with van der Waals surface area (Å²) in [4.78, 5) is 20.1. The third-order valence-electron chi connectivity index (χ3n) is 6.29. The second kappa shape index (κ2) is 10.4. The van der Waals surface area contributed by atoms with E-state index in [-0.39, 0.29) is 5.56 Å². The van der Waals surface area contributed by atoms with Gasteiger partial charge in [-0.2, -0.15) is 0 Å². The molecule has 1 atom stereocenters. The number of nitrogens with one attached hydrogen (secondary N) is 1. The van der Waals surface area contributed by atoms with Crippen LogP contribution < -0.4 is 15.0 Å². The van der Waals surface area contributed by atoms with Crippen LogP contribution in [0.15, 0.2) is 63.3 Å². The summed E-state index contributed by atoms with van der Waals surface area (Å²) in [6.07, 6.45) is 1.65. The van der Waals surface area contributed by atoms with E-state index in [1.54, 1.807) is 42.6 Å². The average molecular weight is 535 g/mol. The lowest BCUT2D eigenvalue weighted by Crippen LogP contribution is -2.37. The molecule has 1 N–H and O–H groups in total. The zero-order valence-corrected chi connectivity index (χ0v) is 22.8. The first kappa shape index (κ1) is 25.7. The fourth-order valence-electron chi connectivity index (χ4n) is 4.54. The molecule has 0 aliphatic rings. The Hall–Kier alpha value is -3.96. The average Bonchev–Trinajstić information content (AvgIpc) is 3.67. The van der Waals surface area contributed by atoms with E-state index in [0.717, 1.165) is 16.0 Å². The highest BCUT2D eigenvalue weighted by molar-refractivity contribution is 7.09. The number of rotatable bonds is 9. The van der Waals surface area contributed by atoms with Gasteiger partial charge in [-0.05, 0) is 66.9 Å². The van der Waals surface area contributed by atoms with Crippen LogP contribution in [0.25, 0.3) is 10.9 Å². The van der Waals surface area contributed by atoms with E-state index in [0.29, 0.717) is 41.5 Å². The number of hydrogen-bond acceptors (Lipinski definition) is 9. The van der Waals surface area contributed by atoms with Gasteiger partial charge in [-0.15, -0.1) is 16.4 Å². The number of hydrogen-bond donors (Lipinski definition) is 1. The van der Waals surface area contributed by atoms with Crippen molar-refractivity contribution in [2.24, 2.45) is 0 Å². The maximum absolute atomic E-state index is 13.7. The van der Waals surface area contributed by atoms with Gasteiger partial charge >= 0.3 is 0 Å². The van der Waals surface area contributed by atoms with Gasteiger partial charge in [0.05, 0.1) is 38.1 Å². The lowest BCUT2D eigenvalue weighted by Gasteiger charge is -2.32. The van der Waals surface area contributed by atoms with Gasteiger partial charge in [-0.25, -0.2) is 4.68 Å². The van der Waals surface area contributed by atoms with E-state index in [4.69, 9.17) is 13.9 Å². The smallest absolute Gasteiger partial charge is 0.253 e. The number of tetrazole rings is 1. The lowest BCUT2D eigenvalue weighted by molar-refractivity contribution is 0.173. The molecule has 0 saturated heterocycles. The quantitative estimate of drug-likeness (QED) is 0.289. The van der Waals surface area contributed by atoms with Gasteiger partial charge in [0.1, 0.15) is 11.8 Å². The fraction of sp³-hybridized carbons (Fsp3) is 0.333. The number of fused-ring (bicyclic) bond motifs is 1. The molecule has 4 heterocycles. The minimum absolute atomic E-state index is 0.242. The van der Waals surface area contributed by atoms with Crippen molar-refractivity contribution >= 4 is 22.2 Å². The van der Waals surface area contributed by atoms with Crippen LogP contribution >= 0.6 is 11.3 Å². The maximum Gasteiger partial charge on any atom is 0.253 e. The number of H-pyrrole nitrogens is 1. The predicted octanol–water partition coefficient (Wildman–Crippen LogP) is 4.73. The molecule has 0 bridgehead atoms. The normalized spacial score (nSPS) is 12.8. The van der Waals surface area contributed by atoms with Crippen LogP contribution in [0.5, 0.6) is 11.5 Å². The highest BCUT2D eigenvalue weighted by Crippen LogP contribution is 2.35. The molecule has 0 spiro atoms. The van der Waals surface area contributed by atoms with E-state index >= 15 is 0 Å². The molecule has 0 unspecified atom stereocenters. The summed E-state index contributed by atoms with van der Waals surface area (Å²) in [5.41, 5.74) is 0.486. The summed E-state index contributed by atoms with van der Waals surface area (Å²) in [6, 6.07) is 12.8. The van der Waals surface area contributed by atoms with Crippen LogP contribution in [0.4, 0.5) is 0 Å². The topological polar surface area (TPSA) is 111 Å². The van der Waals surface area contributed by atoms with Crippen LogP contribution in [0.2, 0.25) is 0 Å². The maximum atomic E-state index is 13.7. The van der Waals surface area contributed by atoms with Crippen molar-refractivity contribution in [1.82, 2.24) is 30.1 Å². The Morgan fingerprint density at radius 2 is 1.89 bits per heavy atom. The molecule has 4 aromatic heterocycles. The zero-order valence-electron chi connectivity index (χ0n) is 22.0. The lowest BCUT2D eigenvalue weighted by atomic mass is 10.0. The second-order valence-corrected chi connectivity index (χ2v) is 11.0. The largest absolute Gasteiger partial charge is 0.493 e. The molecule has 0 radical (unpaired) electrons. The molecule has 10 nitrogen and oxygen atoms in total. The molecule has 198 valence electrons. The SMILES string of the molecule is COc1cc2cc([C@@H](c3nnnn3C(C)(C)C)N(Cc3ccco3)Cc3cccs3)c(=O)[nH]c2cc1OC. The van der Waals surface area contributed by atoms with Crippen LogP contribution in [0.1, 0.15) is 48.8 Å². The van der Waals surface area contributed by atoms with Crippen LogP contribution in [0.3, 0.4) is 0 Å². The van der Waals surface area contributed by atoms with E-state index in [1.807, 2.05) is 56.5 Å². The predicted molar refractivity (Wildman–Crippen MR) is 145 cm³/mol. The van der Waals surface area contributed by atoms with Crippen molar-refractivity contribution in [2.75, 3.05) is 14.2 Å². The molecule has 0 aliphatic carbocycles. The van der Waals surface area contributed by atoms with Gasteiger partial charge in [-0.1, -0.05) is 6.07 Å². The molecule has 0 fully saturated rings. The summed E-state index contributed by atoms with van der Waals surface area (Å²) in [5, 5.41) is 15.6. The van der Waals surface area contributed by atoms with Gasteiger partial charge in [0.25, 0.3) is 5.56 Å². The van der Waals surface area contributed by atoms with Crippen molar-refractivity contribution in [3.63, 3.8) is 0 Å². The monoisotopic (exact) mass is 534 g/mol. The molecule has 0 amide bonds.